The predicted octanol–water partition coefficient (Wildman–Crippen LogP) is 2.22. The van der Waals surface area contributed by atoms with Crippen LogP contribution in [-0.2, 0) is 27.8 Å². The van der Waals surface area contributed by atoms with E-state index in [0.717, 1.165) is 18.1 Å². The molecule has 1 amide bonds. The van der Waals surface area contributed by atoms with Gasteiger partial charge in [0.2, 0.25) is 15.9 Å². The second-order valence-corrected chi connectivity index (χ2v) is 9.03. The topological polar surface area (TPSA) is 110 Å². The minimum absolute atomic E-state index is 0.0344. The number of carbonyl (C=O) groups excluding carboxylic acids is 1. The summed E-state index contributed by atoms with van der Waals surface area (Å²) < 4.78 is 27.3. The van der Waals surface area contributed by atoms with E-state index in [4.69, 9.17) is 0 Å². The Morgan fingerprint density at radius 1 is 1.37 bits per heavy atom. The van der Waals surface area contributed by atoms with E-state index in [1.165, 1.54) is 17.0 Å². The van der Waals surface area contributed by atoms with Crippen LogP contribution in [0.5, 0.6) is 0 Å². The molecule has 0 unspecified atom stereocenters. The molecular weight excluding hydrogens is 390 g/mol. The van der Waals surface area contributed by atoms with Gasteiger partial charge in [-0.1, -0.05) is 6.07 Å². The number of nitrogens with one attached hydrogen (secondary N) is 1. The second kappa shape index (κ2) is 7.75. The summed E-state index contributed by atoms with van der Waals surface area (Å²) in [6, 6.07) is 5.69. The van der Waals surface area contributed by atoms with Gasteiger partial charge in [-0.25, -0.2) is 13.1 Å². The molecule has 10 heteroatoms. The van der Waals surface area contributed by atoms with Crippen LogP contribution in [0.4, 0.5) is 5.69 Å². The van der Waals surface area contributed by atoms with Crippen molar-refractivity contribution < 1.29 is 18.1 Å². The van der Waals surface area contributed by atoms with E-state index < -0.39 is 14.9 Å². The summed E-state index contributed by atoms with van der Waals surface area (Å²) in [7, 11) is -3.94. The molecule has 2 heterocycles. The van der Waals surface area contributed by atoms with Crippen molar-refractivity contribution in [2.75, 3.05) is 13.1 Å². The number of fused-ring (bicyclic) bond motifs is 1. The highest BCUT2D eigenvalue weighted by Gasteiger charge is 2.23. The molecule has 0 radical (unpaired) electrons. The summed E-state index contributed by atoms with van der Waals surface area (Å²) in [6.07, 6.45) is 0.851. The molecule has 0 atom stereocenters. The minimum atomic E-state index is -3.94. The highest BCUT2D eigenvalue weighted by molar-refractivity contribution is 7.89. The number of amides is 1. The van der Waals surface area contributed by atoms with E-state index in [1.807, 2.05) is 11.4 Å². The fourth-order valence-corrected chi connectivity index (χ4v) is 5.17. The average Bonchev–Trinajstić information content (AvgIpc) is 3.09. The standard InChI is InChI=1S/C17H19N3O5S2/c1-12-2-3-14(20(22)23)10-16(12)27(24,25)18-7-4-17(21)19-8-5-15-13(11-19)6-9-26-15/h2-3,6,9-10,18H,4-5,7-8,11H2,1H3. The molecule has 3 rings (SSSR count). The van der Waals surface area contributed by atoms with Crippen LogP contribution in [0.25, 0.3) is 0 Å². The lowest BCUT2D eigenvalue weighted by Gasteiger charge is -2.27. The van der Waals surface area contributed by atoms with Crippen molar-refractivity contribution in [3.05, 3.63) is 55.8 Å². The Labute approximate surface area is 161 Å². The van der Waals surface area contributed by atoms with Gasteiger partial charge in [0, 0.05) is 43.1 Å². The van der Waals surface area contributed by atoms with Gasteiger partial charge in [0.15, 0.2) is 0 Å². The molecule has 8 nitrogen and oxygen atoms in total. The molecule has 2 aromatic rings. The minimum Gasteiger partial charge on any atom is -0.338 e. The molecule has 1 aromatic heterocycles. The third kappa shape index (κ3) is 4.34. The zero-order chi connectivity index (χ0) is 19.6. The number of non-ortho nitro benzene ring substituents is 1. The quantitative estimate of drug-likeness (QED) is 0.581. The maximum Gasteiger partial charge on any atom is 0.270 e. The van der Waals surface area contributed by atoms with Crippen LogP contribution in [0.1, 0.15) is 22.4 Å². The Kier molecular flexibility index (Phi) is 5.59. The van der Waals surface area contributed by atoms with Crippen LogP contribution in [0.3, 0.4) is 0 Å². The van der Waals surface area contributed by atoms with Crippen LogP contribution >= 0.6 is 11.3 Å². The first-order valence-corrected chi connectivity index (χ1v) is 10.7. The first-order valence-electron chi connectivity index (χ1n) is 8.35. The molecule has 1 N–H and O–H groups in total. The van der Waals surface area contributed by atoms with Crippen LogP contribution in [0.15, 0.2) is 34.5 Å². The molecule has 0 aliphatic carbocycles. The van der Waals surface area contributed by atoms with Gasteiger partial charge in [0.05, 0.1) is 9.82 Å². The van der Waals surface area contributed by atoms with Gasteiger partial charge in [-0.05, 0) is 35.9 Å². The van der Waals surface area contributed by atoms with Gasteiger partial charge in [-0.2, -0.15) is 0 Å². The van der Waals surface area contributed by atoms with Crippen molar-refractivity contribution in [2.24, 2.45) is 0 Å². The lowest BCUT2D eigenvalue weighted by molar-refractivity contribution is -0.385. The van der Waals surface area contributed by atoms with Crippen LogP contribution in [-0.4, -0.2) is 37.2 Å². The van der Waals surface area contributed by atoms with Gasteiger partial charge in [0.1, 0.15) is 0 Å². The Balaban J connectivity index is 1.61. The molecule has 0 spiro atoms. The van der Waals surface area contributed by atoms with Crippen molar-refractivity contribution in [1.29, 1.82) is 0 Å². The first-order chi connectivity index (χ1) is 12.8. The maximum atomic E-state index is 12.5. The smallest absolute Gasteiger partial charge is 0.270 e. The summed E-state index contributed by atoms with van der Waals surface area (Å²) in [5, 5.41) is 12.9. The summed E-state index contributed by atoms with van der Waals surface area (Å²) in [5.41, 5.74) is 1.25. The fourth-order valence-electron chi connectivity index (χ4n) is 2.98. The SMILES string of the molecule is Cc1ccc([N+](=O)[O-])cc1S(=O)(=O)NCCC(=O)N1CCc2sccc2C1. The zero-order valence-electron chi connectivity index (χ0n) is 14.7. The number of aryl methyl sites for hydroxylation is 1. The predicted molar refractivity (Wildman–Crippen MR) is 101 cm³/mol. The third-order valence-electron chi connectivity index (χ3n) is 4.46. The van der Waals surface area contributed by atoms with E-state index in [1.54, 1.807) is 23.2 Å². The molecular formula is C17H19N3O5S2. The molecule has 144 valence electrons. The third-order valence-corrected chi connectivity index (χ3v) is 7.09. The summed E-state index contributed by atoms with van der Waals surface area (Å²) in [6.45, 7) is 2.68. The summed E-state index contributed by atoms with van der Waals surface area (Å²) in [4.78, 5) is 25.5. The highest BCUT2D eigenvalue weighted by atomic mass is 32.2. The average molecular weight is 409 g/mol. The highest BCUT2D eigenvalue weighted by Crippen LogP contribution is 2.24. The van der Waals surface area contributed by atoms with E-state index in [2.05, 4.69) is 4.72 Å². The molecule has 0 bridgehead atoms. The van der Waals surface area contributed by atoms with Crippen molar-refractivity contribution in [1.82, 2.24) is 9.62 Å². The Morgan fingerprint density at radius 3 is 2.89 bits per heavy atom. The Hall–Kier alpha value is -2.30. The van der Waals surface area contributed by atoms with Gasteiger partial charge in [-0.3, -0.25) is 14.9 Å². The Morgan fingerprint density at radius 2 is 2.15 bits per heavy atom. The maximum absolute atomic E-state index is 12.5. The lowest BCUT2D eigenvalue weighted by Crippen LogP contribution is -2.37. The molecule has 0 saturated heterocycles. The molecule has 0 fully saturated rings. The van der Waals surface area contributed by atoms with Crippen molar-refractivity contribution in [3.8, 4) is 0 Å². The zero-order valence-corrected chi connectivity index (χ0v) is 16.3. The largest absolute Gasteiger partial charge is 0.338 e. The fraction of sp³-hybridized carbons (Fsp3) is 0.353. The number of hydrogen-bond donors (Lipinski definition) is 1. The molecule has 27 heavy (non-hydrogen) atoms. The lowest BCUT2D eigenvalue weighted by atomic mass is 10.1. The summed E-state index contributed by atoms with van der Waals surface area (Å²) >= 11 is 1.68. The number of nitro groups is 1. The van der Waals surface area contributed by atoms with Gasteiger partial charge in [0.25, 0.3) is 5.69 Å². The number of nitro benzene ring substituents is 1. The van der Waals surface area contributed by atoms with E-state index in [-0.39, 0.29) is 29.5 Å². The number of carbonyl (C=O) groups is 1. The molecule has 0 saturated carbocycles. The van der Waals surface area contributed by atoms with E-state index in [9.17, 15) is 23.3 Å². The number of nitrogens with zero attached hydrogens (tertiary/aromatic N) is 2. The first kappa shape index (κ1) is 19.5. The number of hydrogen-bond acceptors (Lipinski definition) is 6. The molecule has 1 aromatic carbocycles. The van der Waals surface area contributed by atoms with Crippen LogP contribution in [0.2, 0.25) is 0 Å². The molecule has 1 aliphatic heterocycles. The van der Waals surface area contributed by atoms with Crippen LogP contribution in [0, 0.1) is 17.0 Å². The second-order valence-electron chi connectivity index (χ2n) is 6.29. The number of sulfonamides is 1. The normalized spacial score (nSPS) is 14.0. The van der Waals surface area contributed by atoms with Crippen molar-refractivity contribution in [3.63, 3.8) is 0 Å². The van der Waals surface area contributed by atoms with Gasteiger partial charge >= 0.3 is 0 Å². The molecule has 1 aliphatic rings. The Bertz CT molecular complexity index is 984. The summed E-state index contributed by atoms with van der Waals surface area (Å²) in [5.74, 6) is -0.120. The number of thiophene rings is 1. The van der Waals surface area contributed by atoms with Gasteiger partial charge in [-0.15, -0.1) is 11.3 Å². The van der Waals surface area contributed by atoms with E-state index in [0.29, 0.717) is 18.7 Å². The van der Waals surface area contributed by atoms with Crippen LogP contribution < -0.4 is 4.72 Å². The number of benzene rings is 1. The van der Waals surface area contributed by atoms with Crippen molar-refractivity contribution in [2.45, 2.75) is 31.2 Å². The van der Waals surface area contributed by atoms with Crippen molar-refractivity contribution >= 4 is 33.0 Å². The number of rotatable bonds is 6. The van der Waals surface area contributed by atoms with E-state index >= 15 is 0 Å². The monoisotopic (exact) mass is 409 g/mol. The van der Waals surface area contributed by atoms with Gasteiger partial charge < -0.3 is 4.90 Å².